The molecule has 1 amide bonds. The lowest BCUT2D eigenvalue weighted by atomic mass is 10.1. The number of benzene rings is 2. The lowest BCUT2D eigenvalue weighted by Gasteiger charge is -2.34. The number of carbonyl (C=O) groups excluding carboxylic acids is 1. The van der Waals surface area contributed by atoms with Gasteiger partial charge in [-0.2, -0.15) is 0 Å². The molecular weight excluding hydrogens is 470 g/mol. The number of nitrogens with zero attached hydrogens (tertiary/aromatic N) is 2. The highest BCUT2D eigenvalue weighted by molar-refractivity contribution is 8.03. The van der Waals surface area contributed by atoms with Crippen molar-refractivity contribution >= 4 is 29.2 Å². The van der Waals surface area contributed by atoms with E-state index < -0.39 is 17.8 Å². The molecule has 1 unspecified atom stereocenters. The Morgan fingerprint density at radius 3 is 2.46 bits per heavy atom. The van der Waals surface area contributed by atoms with Crippen LogP contribution in [0.2, 0.25) is 0 Å². The fourth-order valence-corrected chi connectivity index (χ4v) is 4.82. The zero-order valence-corrected chi connectivity index (χ0v) is 20.2. The van der Waals surface area contributed by atoms with Gasteiger partial charge in [-0.15, -0.1) is 0 Å². The average Bonchev–Trinajstić information content (AvgIpc) is 2.80. The summed E-state index contributed by atoms with van der Waals surface area (Å²) < 4.78 is 27.0. The second-order valence-corrected chi connectivity index (χ2v) is 9.70. The Bertz CT molecular complexity index is 1140. The summed E-state index contributed by atoms with van der Waals surface area (Å²) in [6, 6.07) is 11.1. The van der Waals surface area contributed by atoms with Crippen molar-refractivity contribution < 1.29 is 13.6 Å². The third kappa shape index (κ3) is 6.68. The van der Waals surface area contributed by atoms with Crippen LogP contribution in [0.25, 0.3) is 0 Å². The van der Waals surface area contributed by atoms with E-state index in [-0.39, 0.29) is 18.2 Å². The van der Waals surface area contributed by atoms with E-state index in [4.69, 9.17) is 11.1 Å². The fourth-order valence-electron chi connectivity index (χ4n) is 3.89. The van der Waals surface area contributed by atoms with E-state index in [1.807, 2.05) is 24.3 Å². The smallest absolute Gasteiger partial charge is 0.229 e. The standard InChI is InChI=1S/C25H28F2N6OS/c1-32-6-8-33(9-7-32)19-4-2-16(3-5-19)10-23(34)31-25(29)22-14-21(15-30-24(22)28)35-20-12-17(26)11-18(27)13-20/h2-5,11-15,24,30H,6-10,28H2,1H3,(H2,29,31,34). The largest absolute Gasteiger partial charge is 0.371 e. The lowest BCUT2D eigenvalue weighted by Crippen LogP contribution is -2.45. The van der Waals surface area contributed by atoms with Crippen molar-refractivity contribution in [2.24, 2.45) is 5.73 Å². The van der Waals surface area contributed by atoms with Crippen LogP contribution in [0.5, 0.6) is 0 Å². The maximum atomic E-state index is 13.5. The zero-order valence-electron chi connectivity index (χ0n) is 19.4. The number of amidine groups is 1. The Labute approximate surface area is 207 Å². The Hall–Kier alpha value is -3.21. The van der Waals surface area contributed by atoms with Gasteiger partial charge in [0, 0.05) is 59.5 Å². The molecule has 4 rings (SSSR count). The predicted octanol–water partition coefficient (Wildman–Crippen LogP) is 2.80. The summed E-state index contributed by atoms with van der Waals surface area (Å²) in [5.41, 5.74) is 8.40. The molecule has 1 atom stereocenters. The number of carbonyl (C=O) groups is 1. The molecule has 0 aromatic heterocycles. The van der Waals surface area contributed by atoms with Crippen molar-refractivity contribution in [2.45, 2.75) is 17.5 Å². The van der Waals surface area contributed by atoms with Crippen molar-refractivity contribution in [1.29, 1.82) is 5.41 Å². The highest BCUT2D eigenvalue weighted by Crippen LogP contribution is 2.31. The van der Waals surface area contributed by atoms with Gasteiger partial charge in [-0.05, 0) is 43.0 Å². The van der Waals surface area contributed by atoms with Gasteiger partial charge in [0.1, 0.15) is 23.6 Å². The van der Waals surface area contributed by atoms with Gasteiger partial charge in [0.15, 0.2) is 0 Å². The summed E-state index contributed by atoms with van der Waals surface area (Å²) in [5, 5.41) is 13.9. The van der Waals surface area contributed by atoms with Crippen LogP contribution in [0.1, 0.15) is 5.56 Å². The number of allylic oxidation sites excluding steroid dienone is 1. The van der Waals surface area contributed by atoms with Gasteiger partial charge in [0.2, 0.25) is 5.91 Å². The number of dihydropyridines is 1. The van der Waals surface area contributed by atoms with Crippen molar-refractivity contribution in [3.63, 3.8) is 0 Å². The fraction of sp³-hybridized carbons (Fsp3) is 0.280. The number of piperazine rings is 1. The SMILES string of the molecule is CN1CCN(c2ccc(CC(=O)NC(=N)C3=CC(Sc4cc(F)cc(F)c4)=CNC3N)cc2)CC1. The summed E-state index contributed by atoms with van der Waals surface area (Å²) in [6.07, 6.45) is 2.67. The quantitative estimate of drug-likeness (QED) is 0.361. The van der Waals surface area contributed by atoms with Crippen LogP contribution in [0.15, 0.2) is 70.1 Å². The maximum Gasteiger partial charge on any atom is 0.229 e. The van der Waals surface area contributed by atoms with E-state index in [0.29, 0.717) is 15.4 Å². The van der Waals surface area contributed by atoms with E-state index in [1.165, 1.54) is 12.1 Å². The van der Waals surface area contributed by atoms with E-state index in [9.17, 15) is 13.6 Å². The summed E-state index contributed by atoms with van der Waals surface area (Å²) in [7, 11) is 2.12. The highest BCUT2D eigenvalue weighted by atomic mass is 32.2. The highest BCUT2D eigenvalue weighted by Gasteiger charge is 2.20. The lowest BCUT2D eigenvalue weighted by molar-refractivity contribution is -0.119. The monoisotopic (exact) mass is 498 g/mol. The molecule has 1 fully saturated rings. The molecule has 2 heterocycles. The third-order valence-electron chi connectivity index (χ3n) is 5.83. The van der Waals surface area contributed by atoms with Gasteiger partial charge in [-0.3, -0.25) is 10.2 Å². The van der Waals surface area contributed by atoms with Crippen molar-refractivity contribution in [2.75, 3.05) is 38.1 Å². The molecule has 35 heavy (non-hydrogen) atoms. The number of amides is 1. The molecule has 2 aliphatic rings. The van der Waals surface area contributed by atoms with Gasteiger partial charge in [-0.1, -0.05) is 23.9 Å². The maximum absolute atomic E-state index is 13.5. The second-order valence-electron chi connectivity index (χ2n) is 8.55. The Morgan fingerprint density at radius 2 is 1.80 bits per heavy atom. The molecule has 1 saturated heterocycles. The molecule has 184 valence electrons. The van der Waals surface area contributed by atoms with Crippen LogP contribution in [-0.4, -0.2) is 56.0 Å². The molecule has 2 aromatic rings. The molecule has 2 aliphatic heterocycles. The summed E-state index contributed by atoms with van der Waals surface area (Å²) in [6.45, 7) is 3.99. The zero-order chi connectivity index (χ0) is 24.9. The van der Waals surface area contributed by atoms with Crippen molar-refractivity contribution in [3.05, 3.63) is 82.4 Å². The van der Waals surface area contributed by atoms with Gasteiger partial charge in [-0.25, -0.2) is 8.78 Å². The van der Waals surface area contributed by atoms with E-state index >= 15 is 0 Å². The number of nitrogens with one attached hydrogen (secondary N) is 3. The number of likely N-dealkylation sites (N-methyl/N-ethyl adjacent to an activating group) is 1. The number of nitrogens with two attached hydrogens (primary N) is 1. The van der Waals surface area contributed by atoms with Gasteiger partial charge in [0.25, 0.3) is 0 Å². The molecule has 0 aliphatic carbocycles. The van der Waals surface area contributed by atoms with Crippen LogP contribution < -0.4 is 21.3 Å². The molecule has 0 saturated carbocycles. The van der Waals surface area contributed by atoms with E-state index in [0.717, 1.165) is 55.3 Å². The first-order valence-corrected chi connectivity index (χ1v) is 12.1. The number of thioether (sulfide) groups is 1. The molecular formula is C25H28F2N6OS. The average molecular weight is 499 g/mol. The molecule has 5 N–H and O–H groups in total. The molecule has 0 spiro atoms. The van der Waals surface area contributed by atoms with Crippen LogP contribution in [-0.2, 0) is 11.2 Å². The number of hydrogen-bond acceptors (Lipinski definition) is 7. The number of halogens is 2. The Morgan fingerprint density at radius 1 is 1.14 bits per heavy atom. The Kier molecular flexibility index (Phi) is 7.84. The normalized spacial score (nSPS) is 18.4. The van der Waals surface area contributed by atoms with Gasteiger partial charge in [0.05, 0.1) is 6.42 Å². The van der Waals surface area contributed by atoms with Crippen molar-refractivity contribution in [1.82, 2.24) is 15.5 Å². The molecule has 7 nitrogen and oxygen atoms in total. The number of rotatable bonds is 6. The van der Waals surface area contributed by atoms with Gasteiger partial charge >= 0.3 is 0 Å². The van der Waals surface area contributed by atoms with Crippen LogP contribution in [0.4, 0.5) is 14.5 Å². The Balaban J connectivity index is 1.34. The minimum atomic E-state index is -0.695. The first-order valence-electron chi connectivity index (χ1n) is 11.3. The minimum Gasteiger partial charge on any atom is -0.371 e. The van der Waals surface area contributed by atoms with E-state index in [1.54, 1.807) is 12.3 Å². The molecule has 10 heteroatoms. The topological polar surface area (TPSA) is 97.5 Å². The van der Waals surface area contributed by atoms with Crippen LogP contribution in [0, 0.1) is 17.0 Å². The van der Waals surface area contributed by atoms with Crippen LogP contribution in [0.3, 0.4) is 0 Å². The second kappa shape index (κ2) is 11.0. The summed E-state index contributed by atoms with van der Waals surface area (Å²) in [5.74, 6) is -1.80. The third-order valence-corrected chi connectivity index (χ3v) is 6.78. The summed E-state index contributed by atoms with van der Waals surface area (Å²) >= 11 is 1.12. The van der Waals surface area contributed by atoms with Crippen molar-refractivity contribution in [3.8, 4) is 0 Å². The van der Waals surface area contributed by atoms with Gasteiger partial charge < -0.3 is 26.2 Å². The number of hydrogen-bond donors (Lipinski definition) is 4. The summed E-state index contributed by atoms with van der Waals surface area (Å²) in [4.78, 5) is 18.2. The molecule has 0 bridgehead atoms. The number of anilines is 1. The minimum absolute atomic E-state index is 0.124. The van der Waals surface area contributed by atoms with Crippen LogP contribution >= 0.6 is 11.8 Å². The predicted molar refractivity (Wildman–Crippen MR) is 135 cm³/mol. The first kappa shape index (κ1) is 24.9. The molecule has 2 aromatic carbocycles. The van der Waals surface area contributed by atoms with E-state index in [2.05, 4.69) is 27.5 Å². The molecule has 0 radical (unpaired) electrons. The first-order chi connectivity index (χ1) is 16.8.